The van der Waals surface area contributed by atoms with Gasteiger partial charge >= 0.3 is 0 Å². The Bertz CT molecular complexity index is 634. The number of hydrogen-bond donors (Lipinski definition) is 1. The lowest BCUT2D eigenvalue weighted by Gasteiger charge is -1.99. The molecule has 3 aromatic rings. The summed E-state index contributed by atoms with van der Waals surface area (Å²) in [5.74, 6) is 0.810. The second kappa shape index (κ2) is 3.20. The molecule has 0 fully saturated rings. The van der Waals surface area contributed by atoms with E-state index in [2.05, 4.69) is 58.1 Å². The van der Waals surface area contributed by atoms with Crippen molar-refractivity contribution < 1.29 is 0 Å². The summed E-state index contributed by atoms with van der Waals surface area (Å²) in [4.78, 5) is 4.16. The Balaban J connectivity index is 2.27. The van der Waals surface area contributed by atoms with E-state index in [9.17, 15) is 0 Å². The smallest absolute Gasteiger partial charge is 0.155 e. The average molecular weight is 212 g/mol. The molecule has 16 heavy (non-hydrogen) atoms. The van der Waals surface area contributed by atoms with Crippen LogP contribution in [0.2, 0.25) is 0 Å². The Morgan fingerprint density at radius 3 is 2.94 bits per heavy atom. The van der Waals surface area contributed by atoms with Gasteiger partial charge in [-0.1, -0.05) is 0 Å². The predicted octanol–water partition coefficient (Wildman–Crippen LogP) is 2.27. The number of nitrogens with zero attached hydrogens (tertiary/aromatic N) is 3. The maximum absolute atomic E-state index is 4.16. The first-order valence-corrected chi connectivity index (χ1v) is 5.17. The number of aromatic amines is 1. The lowest BCUT2D eigenvalue weighted by molar-refractivity contribution is 0.964. The molecular weight excluding hydrogens is 200 g/mol. The van der Waals surface area contributed by atoms with Gasteiger partial charge < -0.3 is 4.57 Å². The summed E-state index contributed by atoms with van der Waals surface area (Å²) >= 11 is 0. The van der Waals surface area contributed by atoms with Crippen LogP contribution in [0.4, 0.5) is 0 Å². The van der Waals surface area contributed by atoms with Gasteiger partial charge in [-0.05, 0) is 30.7 Å². The number of nitrogens with one attached hydrogen (secondary N) is 1. The van der Waals surface area contributed by atoms with Crippen molar-refractivity contribution in [1.82, 2.24) is 19.7 Å². The average Bonchev–Trinajstić information content (AvgIpc) is 2.88. The summed E-state index contributed by atoms with van der Waals surface area (Å²) in [6, 6.07) is 6.31. The van der Waals surface area contributed by atoms with Crippen LogP contribution in [-0.4, -0.2) is 19.7 Å². The summed E-state index contributed by atoms with van der Waals surface area (Å²) in [6.07, 6.45) is 3.66. The van der Waals surface area contributed by atoms with Crippen molar-refractivity contribution >= 4 is 10.9 Å². The van der Waals surface area contributed by atoms with Gasteiger partial charge in [0, 0.05) is 29.7 Å². The zero-order valence-corrected chi connectivity index (χ0v) is 9.23. The van der Waals surface area contributed by atoms with E-state index in [1.54, 1.807) is 0 Å². The number of rotatable bonds is 1. The van der Waals surface area contributed by atoms with Gasteiger partial charge in [0.05, 0.1) is 0 Å². The van der Waals surface area contributed by atoms with Crippen molar-refractivity contribution in [1.29, 1.82) is 0 Å². The van der Waals surface area contributed by atoms with Crippen LogP contribution < -0.4 is 0 Å². The van der Waals surface area contributed by atoms with Crippen LogP contribution in [0.15, 0.2) is 30.7 Å². The van der Waals surface area contributed by atoms with Gasteiger partial charge in [-0.2, -0.15) is 5.10 Å². The molecule has 80 valence electrons. The van der Waals surface area contributed by atoms with E-state index in [0.29, 0.717) is 0 Å². The highest BCUT2D eigenvalue weighted by molar-refractivity contribution is 5.87. The normalized spacial score (nSPS) is 11.1. The van der Waals surface area contributed by atoms with Crippen molar-refractivity contribution in [2.24, 2.45) is 7.05 Å². The summed E-state index contributed by atoms with van der Waals surface area (Å²) in [5, 5.41) is 8.00. The fraction of sp³-hybridized carbons (Fsp3) is 0.167. The highest BCUT2D eigenvalue weighted by atomic mass is 15.2. The Kier molecular flexibility index (Phi) is 1.83. The van der Waals surface area contributed by atoms with Crippen LogP contribution in [0.1, 0.15) is 5.56 Å². The molecule has 0 saturated carbocycles. The summed E-state index contributed by atoms with van der Waals surface area (Å²) in [5.41, 5.74) is 3.58. The molecule has 0 aliphatic carbocycles. The zero-order chi connectivity index (χ0) is 11.1. The van der Waals surface area contributed by atoms with Crippen molar-refractivity contribution in [2.75, 3.05) is 0 Å². The van der Waals surface area contributed by atoms with E-state index in [-0.39, 0.29) is 0 Å². The lowest BCUT2D eigenvalue weighted by atomic mass is 10.1. The Morgan fingerprint density at radius 1 is 1.31 bits per heavy atom. The summed E-state index contributed by atoms with van der Waals surface area (Å²) in [6.45, 7) is 2.12. The second-order valence-corrected chi connectivity index (χ2v) is 3.99. The molecule has 2 heterocycles. The van der Waals surface area contributed by atoms with E-state index in [4.69, 9.17) is 0 Å². The molecule has 2 aromatic heterocycles. The monoisotopic (exact) mass is 212 g/mol. The molecular formula is C12H12N4. The molecule has 1 N–H and O–H groups in total. The summed E-state index contributed by atoms with van der Waals surface area (Å²) < 4.78 is 2.13. The van der Waals surface area contributed by atoms with Gasteiger partial charge in [-0.3, -0.25) is 5.10 Å². The summed E-state index contributed by atoms with van der Waals surface area (Å²) in [7, 11) is 2.06. The van der Waals surface area contributed by atoms with E-state index in [1.165, 1.54) is 22.8 Å². The molecule has 4 heteroatoms. The maximum Gasteiger partial charge on any atom is 0.155 e. The van der Waals surface area contributed by atoms with Gasteiger partial charge in [-0.15, -0.1) is 0 Å². The first kappa shape index (κ1) is 9.15. The van der Waals surface area contributed by atoms with Gasteiger partial charge in [0.25, 0.3) is 0 Å². The van der Waals surface area contributed by atoms with Crippen LogP contribution in [0, 0.1) is 6.92 Å². The minimum atomic E-state index is 0.810. The van der Waals surface area contributed by atoms with Crippen LogP contribution >= 0.6 is 0 Å². The van der Waals surface area contributed by atoms with Gasteiger partial charge in [0.2, 0.25) is 0 Å². The number of hydrogen-bond acceptors (Lipinski definition) is 2. The fourth-order valence-electron chi connectivity index (χ4n) is 2.08. The standard InChI is InChI=1S/C12H12N4/c1-8-6-16(2)11-4-3-9(5-10(8)11)12-13-7-14-15-12/h3-7H,1-2H3,(H,13,14,15). The molecule has 0 unspecified atom stereocenters. The van der Waals surface area contributed by atoms with Crippen molar-refractivity contribution in [3.8, 4) is 11.4 Å². The third-order valence-corrected chi connectivity index (χ3v) is 2.88. The van der Waals surface area contributed by atoms with Crippen LogP contribution in [0.25, 0.3) is 22.3 Å². The minimum absolute atomic E-state index is 0.810. The van der Waals surface area contributed by atoms with E-state index in [0.717, 1.165) is 11.4 Å². The quantitative estimate of drug-likeness (QED) is 0.672. The third-order valence-electron chi connectivity index (χ3n) is 2.88. The largest absolute Gasteiger partial charge is 0.350 e. The molecule has 0 bridgehead atoms. The van der Waals surface area contributed by atoms with Crippen molar-refractivity contribution in [3.63, 3.8) is 0 Å². The van der Waals surface area contributed by atoms with Gasteiger partial charge in [0.1, 0.15) is 6.33 Å². The molecule has 3 rings (SSSR count). The first-order valence-electron chi connectivity index (χ1n) is 5.17. The third kappa shape index (κ3) is 1.23. The van der Waals surface area contributed by atoms with E-state index < -0.39 is 0 Å². The lowest BCUT2D eigenvalue weighted by Crippen LogP contribution is -1.84. The molecule has 0 aliphatic heterocycles. The van der Waals surface area contributed by atoms with Crippen LogP contribution in [-0.2, 0) is 7.05 Å². The number of aryl methyl sites for hydroxylation is 2. The minimum Gasteiger partial charge on any atom is -0.350 e. The SMILES string of the molecule is Cc1cn(C)c2ccc(-c3ncn[nH]3)cc12. The number of fused-ring (bicyclic) bond motifs is 1. The molecule has 0 atom stereocenters. The highest BCUT2D eigenvalue weighted by Crippen LogP contribution is 2.24. The molecule has 0 radical (unpaired) electrons. The topological polar surface area (TPSA) is 46.5 Å². The second-order valence-electron chi connectivity index (χ2n) is 3.99. The van der Waals surface area contributed by atoms with E-state index >= 15 is 0 Å². The number of H-pyrrole nitrogens is 1. The number of aromatic nitrogens is 4. The predicted molar refractivity (Wildman–Crippen MR) is 63.0 cm³/mol. The molecule has 4 nitrogen and oxygen atoms in total. The molecule has 1 aromatic carbocycles. The number of benzene rings is 1. The van der Waals surface area contributed by atoms with Crippen LogP contribution in [0.3, 0.4) is 0 Å². The van der Waals surface area contributed by atoms with Crippen molar-refractivity contribution in [2.45, 2.75) is 6.92 Å². The molecule has 0 spiro atoms. The first-order chi connectivity index (χ1) is 7.75. The Morgan fingerprint density at radius 2 is 2.19 bits per heavy atom. The molecule has 0 aliphatic rings. The van der Waals surface area contributed by atoms with Gasteiger partial charge in [-0.25, -0.2) is 4.98 Å². The van der Waals surface area contributed by atoms with Gasteiger partial charge in [0.15, 0.2) is 5.82 Å². The Hall–Kier alpha value is -2.10. The zero-order valence-electron chi connectivity index (χ0n) is 9.23. The molecule has 0 amide bonds. The highest BCUT2D eigenvalue weighted by Gasteiger charge is 2.06. The van der Waals surface area contributed by atoms with Crippen LogP contribution in [0.5, 0.6) is 0 Å². The fourth-order valence-corrected chi connectivity index (χ4v) is 2.08. The van der Waals surface area contributed by atoms with E-state index in [1.807, 2.05) is 0 Å². The molecule has 0 saturated heterocycles. The van der Waals surface area contributed by atoms with Crippen molar-refractivity contribution in [3.05, 3.63) is 36.3 Å². The maximum atomic E-state index is 4.16. The Labute approximate surface area is 92.9 Å².